The Bertz CT molecular complexity index is 592. The van der Waals surface area contributed by atoms with Crippen molar-refractivity contribution in [3.63, 3.8) is 0 Å². The molecule has 0 spiro atoms. The molecule has 130 valence electrons. The third-order valence-electron chi connectivity index (χ3n) is 4.23. The minimum absolute atomic E-state index is 0.122. The number of phenolic OH excluding ortho intramolecular Hbond substituents is 1. The molecule has 0 aliphatic carbocycles. The van der Waals surface area contributed by atoms with Crippen molar-refractivity contribution < 1.29 is 14.2 Å². The van der Waals surface area contributed by atoms with Crippen LogP contribution in [0, 0.1) is 0 Å². The van der Waals surface area contributed by atoms with E-state index in [1.807, 2.05) is 43.3 Å². The molecule has 2 aromatic carbocycles. The number of halogens is 1. The number of benzene rings is 2. The van der Waals surface area contributed by atoms with Crippen molar-refractivity contribution in [1.82, 2.24) is 0 Å². The van der Waals surface area contributed by atoms with E-state index < -0.39 is 6.17 Å². The van der Waals surface area contributed by atoms with Gasteiger partial charge in [0.25, 0.3) is 0 Å². The van der Waals surface area contributed by atoms with E-state index in [4.69, 9.17) is 4.74 Å². The van der Waals surface area contributed by atoms with Crippen LogP contribution in [-0.2, 0) is 4.74 Å². The summed E-state index contributed by atoms with van der Waals surface area (Å²) in [7, 11) is 0. The van der Waals surface area contributed by atoms with Crippen molar-refractivity contribution in [2.45, 2.75) is 51.8 Å². The van der Waals surface area contributed by atoms with Crippen LogP contribution < -0.4 is 0 Å². The SMILES string of the molecule is CCCCC[C@@H](F)COC(C)c1ccc(-c2ccc(O)cc2)cc1. The van der Waals surface area contributed by atoms with Gasteiger partial charge in [0.1, 0.15) is 11.9 Å². The molecule has 0 amide bonds. The van der Waals surface area contributed by atoms with Crippen molar-refractivity contribution in [1.29, 1.82) is 0 Å². The van der Waals surface area contributed by atoms with Gasteiger partial charge in [-0.1, -0.05) is 62.6 Å². The first kappa shape index (κ1) is 18.5. The summed E-state index contributed by atoms with van der Waals surface area (Å²) in [5.41, 5.74) is 3.17. The lowest BCUT2D eigenvalue weighted by molar-refractivity contribution is 0.0248. The Hall–Kier alpha value is -1.87. The van der Waals surface area contributed by atoms with Crippen LogP contribution in [-0.4, -0.2) is 17.9 Å². The monoisotopic (exact) mass is 330 g/mol. The highest BCUT2D eigenvalue weighted by atomic mass is 19.1. The summed E-state index contributed by atoms with van der Waals surface area (Å²) in [5.74, 6) is 0.261. The van der Waals surface area contributed by atoms with Crippen LogP contribution in [0.4, 0.5) is 4.39 Å². The summed E-state index contributed by atoms with van der Waals surface area (Å²) in [4.78, 5) is 0. The molecule has 0 radical (unpaired) electrons. The van der Waals surface area contributed by atoms with E-state index in [9.17, 15) is 9.50 Å². The Labute approximate surface area is 144 Å². The van der Waals surface area contributed by atoms with Crippen LogP contribution in [0.25, 0.3) is 11.1 Å². The van der Waals surface area contributed by atoms with Gasteiger partial charge in [-0.25, -0.2) is 4.39 Å². The minimum atomic E-state index is -0.879. The first-order chi connectivity index (χ1) is 11.6. The third-order valence-corrected chi connectivity index (χ3v) is 4.23. The maximum Gasteiger partial charge on any atom is 0.123 e. The number of ether oxygens (including phenoxy) is 1. The van der Waals surface area contributed by atoms with Gasteiger partial charge in [0.2, 0.25) is 0 Å². The summed E-state index contributed by atoms with van der Waals surface area (Å²) in [6.07, 6.45) is 2.70. The average Bonchev–Trinajstić information content (AvgIpc) is 2.61. The predicted molar refractivity (Wildman–Crippen MR) is 96.9 cm³/mol. The number of hydrogen-bond donors (Lipinski definition) is 1. The van der Waals surface area contributed by atoms with Crippen molar-refractivity contribution in [3.8, 4) is 16.9 Å². The fraction of sp³-hybridized carbons (Fsp3) is 0.429. The molecule has 0 aromatic heterocycles. The van der Waals surface area contributed by atoms with E-state index >= 15 is 0 Å². The van der Waals surface area contributed by atoms with E-state index in [0.29, 0.717) is 6.42 Å². The molecule has 2 nitrogen and oxygen atoms in total. The zero-order chi connectivity index (χ0) is 17.4. The van der Waals surface area contributed by atoms with Crippen molar-refractivity contribution in [3.05, 3.63) is 54.1 Å². The van der Waals surface area contributed by atoms with Crippen molar-refractivity contribution >= 4 is 0 Å². The molecule has 0 fully saturated rings. The maximum atomic E-state index is 13.8. The fourth-order valence-corrected chi connectivity index (χ4v) is 2.64. The Kier molecular flexibility index (Phi) is 7.26. The number of phenols is 1. The van der Waals surface area contributed by atoms with E-state index in [1.165, 1.54) is 0 Å². The van der Waals surface area contributed by atoms with Gasteiger partial charge in [-0.15, -0.1) is 0 Å². The molecular weight excluding hydrogens is 303 g/mol. The quantitative estimate of drug-likeness (QED) is 0.567. The molecular formula is C21H27FO2. The van der Waals surface area contributed by atoms with Gasteiger partial charge >= 0.3 is 0 Å². The molecule has 2 aromatic rings. The van der Waals surface area contributed by atoms with E-state index in [1.54, 1.807) is 12.1 Å². The van der Waals surface area contributed by atoms with Gasteiger partial charge in [-0.3, -0.25) is 0 Å². The topological polar surface area (TPSA) is 29.5 Å². The second kappa shape index (κ2) is 9.43. The van der Waals surface area contributed by atoms with Crippen LogP contribution in [0.1, 0.15) is 51.2 Å². The molecule has 3 heteroatoms. The molecule has 0 heterocycles. The number of alkyl halides is 1. The van der Waals surface area contributed by atoms with E-state index in [-0.39, 0.29) is 18.5 Å². The maximum absolute atomic E-state index is 13.8. The average molecular weight is 330 g/mol. The largest absolute Gasteiger partial charge is 0.508 e. The van der Waals surface area contributed by atoms with E-state index in [2.05, 4.69) is 6.92 Å². The molecule has 0 aliphatic rings. The molecule has 0 saturated heterocycles. The standard InChI is InChI=1S/C21H27FO2/c1-3-4-5-6-20(22)15-24-16(2)17-7-9-18(10-8-17)19-11-13-21(23)14-12-19/h7-14,16,20,23H,3-6,15H2,1-2H3/t16?,20-/m1/s1. The highest BCUT2D eigenvalue weighted by Crippen LogP contribution is 2.25. The third kappa shape index (κ3) is 5.64. The normalized spacial score (nSPS) is 13.6. The van der Waals surface area contributed by atoms with Gasteiger partial charge in [-0.05, 0) is 42.2 Å². The molecule has 2 atom stereocenters. The number of aromatic hydroxyl groups is 1. The molecule has 0 saturated carbocycles. The second-order valence-electron chi connectivity index (χ2n) is 6.24. The molecule has 1 unspecified atom stereocenters. The summed E-state index contributed by atoms with van der Waals surface area (Å²) in [5, 5.41) is 9.35. The van der Waals surface area contributed by atoms with Crippen LogP contribution in [0.5, 0.6) is 5.75 Å². The summed E-state index contributed by atoms with van der Waals surface area (Å²) >= 11 is 0. The van der Waals surface area contributed by atoms with Gasteiger partial charge < -0.3 is 9.84 Å². The first-order valence-corrected chi connectivity index (χ1v) is 8.75. The molecule has 1 N–H and O–H groups in total. The predicted octanol–water partition coefficient (Wildman–Crippen LogP) is 6.06. The lowest BCUT2D eigenvalue weighted by atomic mass is 10.0. The summed E-state index contributed by atoms with van der Waals surface area (Å²) in [6, 6.07) is 15.2. The molecule has 2 rings (SSSR count). The van der Waals surface area contributed by atoms with Crippen LogP contribution >= 0.6 is 0 Å². The first-order valence-electron chi connectivity index (χ1n) is 8.75. The minimum Gasteiger partial charge on any atom is -0.508 e. The summed E-state index contributed by atoms with van der Waals surface area (Å²) < 4.78 is 19.4. The van der Waals surface area contributed by atoms with Crippen molar-refractivity contribution in [2.24, 2.45) is 0 Å². The highest BCUT2D eigenvalue weighted by Gasteiger charge is 2.11. The van der Waals surface area contributed by atoms with Crippen LogP contribution in [0.15, 0.2) is 48.5 Å². The van der Waals surface area contributed by atoms with E-state index in [0.717, 1.165) is 36.0 Å². The Balaban J connectivity index is 1.86. The van der Waals surface area contributed by atoms with Crippen molar-refractivity contribution in [2.75, 3.05) is 6.61 Å². The number of hydrogen-bond acceptors (Lipinski definition) is 2. The summed E-state index contributed by atoms with van der Waals surface area (Å²) in [6.45, 7) is 4.23. The highest BCUT2D eigenvalue weighted by molar-refractivity contribution is 5.64. The Morgan fingerprint density at radius 3 is 2.12 bits per heavy atom. The van der Waals surface area contributed by atoms with Gasteiger partial charge in [0.15, 0.2) is 0 Å². The van der Waals surface area contributed by atoms with Crippen LogP contribution in [0.3, 0.4) is 0 Å². The number of rotatable bonds is 9. The zero-order valence-electron chi connectivity index (χ0n) is 14.5. The van der Waals surface area contributed by atoms with Crippen LogP contribution in [0.2, 0.25) is 0 Å². The van der Waals surface area contributed by atoms with Gasteiger partial charge in [0.05, 0.1) is 12.7 Å². The van der Waals surface area contributed by atoms with Gasteiger partial charge in [-0.2, -0.15) is 0 Å². The van der Waals surface area contributed by atoms with Gasteiger partial charge in [0, 0.05) is 0 Å². The Morgan fingerprint density at radius 2 is 1.54 bits per heavy atom. The molecule has 0 aliphatic heterocycles. The fourth-order valence-electron chi connectivity index (χ4n) is 2.64. The smallest absolute Gasteiger partial charge is 0.123 e. The lowest BCUT2D eigenvalue weighted by Crippen LogP contribution is -2.12. The zero-order valence-corrected chi connectivity index (χ0v) is 14.5. The number of unbranched alkanes of at least 4 members (excludes halogenated alkanes) is 2. The molecule has 0 bridgehead atoms. The molecule has 24 heavy (non-hydrogen) atoms. The Morgan fingerprint density at radius 1 is 0.958 bits per heavy atom. The lowest BCUT2D eigenvalue weighted by Gasteiger charge is -2.16. The second-order valence-corrected chi connectivity index (χ2v) is 6.24.